The molecule has 1 aromatic carbocycles. The maximum absolute atomic E-state index is 11.2. The van der Waals surface area contributed by atoms with Gasteiger partial charge < -0.3 is 24.1 Å². The van der Waals surface area contributed by atoms with Crippen LogP contribution in [0.4, 0.5) is 0 Å². The summed E-state index contributed by atoms with van der Waals surface area (Å²) in [7, 11) is 0. The summed E-state index contributed by atoms with van der Waals surface area (Å²) < 4.78 is 21.2. The van der Waals surface area contributed by atoms with Crippen molar-refractivity contribution in [3.63, 3.8) is 0 Å². The van der Waals surface area contributed by atoms with Crippen molar-refractivity contribution in [2.45, 2.75) is 26.1 Å². The Hall–Kier alpha value is -1.89. The monoisotopic (exact) mass is 338 g/mol. The second-order valence-corrected chi connectivity index (χ2v) is 5.41. The molecular weight excluding hydrogens is 312 g/mol. The van der Waals surface area contributed by atoms with Gasteiger partial charge in [0.15, 0.2) is 0 Å². The molecule has 0 aliphatic rings. The lowest BCUT2D eigenvalue weighted by Gasteiger charge is -2.15. The fourth-order valence-corrected chi connectivity index (χ4v) is 1.65. The normalized spacial score (nSPS) is 13.1. The lowest BCUT2D eigenvalue weighted by molar-refractivity contribution is -0.143. The molecule has 0 aromatic heterocycles. The van der Waals surface area contributed by atoms with Gasteiger partial charge in [-0.2, -0.15) is 0 Å². The van der Waals surface area contributed by atoms with Crippen molar-refractivity contribution < 1.29 is 28.8 Å². The minimum absolute atomic E-state index is 0.0712. The summed E-state index contributed by atoms with van der Waals surface area (Å²) in [6.45, 7) is 8.04. The first kappa shape index (κ1) is 20.2. The van der Waals surface area contributed by atoms with Crippen LogP contribution in [-0.2, 0) is 19.0 Å². The maximum Gasteiger partial charge on any atom is 0.333 e. The Balaban J connectivity index is 2.00. The van der Waals surface area contributed by atoms with E-state index in [0.29, 0.717) is 25.4 Å². The molecule has 0 saturated heterocycles. The smallest absolute Gasteiger partial charge is 0.333 e. The van der Waals surface area contributed by atoms with Crippen LogP contribution in [0.15, 0.2) is 42.5 Å². The van der Waals surface area contributed by atoms with Crippen LogP contribution >= 0.6 is 0 Å². The third kappa shape index (κ3) is 9.29. The summed E-state index contributed by atoms with van der Waals surface area (Å²) >= 11 is 0. The average Bonchev–Trinajstić information content (AvgIpc) is 2.58. The van der Waals surface area contributed by atoms with Crippen LogP contribution in [-0.4, -0.2) is 56.3 Å². The summed E-state index contributed by atoms with van der Waals surface area (Å²) in [5.74, 6) is 0.279. The number of carbonyl (C=O) groups is 1. The molecule has 1 aromatic rings. The van der Waals surface area contributed by atoms with Crippen molar-refractivity contribution in [2.24, 2.45) is 0 Å². The van der Waals surface area contributed by atoms with Crippen LogP contribution in [0.2, 0.25) is 0 Å². The highest BCUT2D eigenvalue weighted by Gasteiger charge is 2.10. The Bertz CT molecular complexity index is 488. The fraction of sp³-hybridized carbons (Fsp3) is 0.500. The quantitative estimate of drug-likeness (QED) is 0.357. The fourth-order valence-electron chi connectivity index (χ4n) is 1.65. The molecule has 1 rings (SSSR count). The van der Waals surface area contributed by atoms with Crippen molar-refractivity contribution in [1.29, 1.82) is 0 Å². The van der Waals surface area contributed by atoms with E-state index in [1.807, 2.05) is 37.3 Å². The van der Waals surface area contributed by atoms with Gasteiger partial charge in [-0.15, -0.1) is 0 Å². The summed E-state index contributed by atoms with van der Waals surface area (Å²) in [6, 6.07) is 9.52. The molecule has 2 atom stereocenters. The molecule has 1 N–H and O–H groups in total. The molecule has 0 spiro atoms. The summed E-state index contributed by atoms with van der Waals surface area (Å²) in [4.78, 5) is 11.2. The summed E-state index contributed by atoms with van der Waals surface area (Å²) in [5.41, 5.74) is 0.295. The van der Waals surface area contributed by atoms with Gasteiger partial charge in [0, 0.05) is 5.57 Å². The first-order valence-electron chi connectivity index (χ1n) is 7.87. The maximum atomic E-state index is 11.2. The number of benzene rings is 1. The predicted octanol–water partition coefficient (Wildman–Crippen LogP) is 1.97. The Morgan fingerprint density at radius 2 is 1.88 bits per heavy atom. The van der Waals surface area contributed by atoms with E-state index in [2.05, 4.69) is 6.58 Å². The number of aliphatic hydroxyl groups excluding tert-OH is 1. The molecular formula is C18H26O6. The van der Waals surface area contributed by atoms with Gasteiger partial charge in [0.25, 0.3) is 0 Å². The molecule has 2 unspecified atom stereocenters. The van der Waals surface area contributed by atoms with E-state index >= 15 is 0 Å². The van der Waals surface area contributed by atoms with Crippen LogP contribution in [0, 0.1) is 0 Å². The Morgan fingerprint density at radius 1 is 1.17 bits per heavy atom. The third-order valence-electron chi connectivity index (χ3n) is 2.92. The number of para-hydroxylation sites is 1. The van der Waals surface area contributed by atoms with Crippen molar-refractivity contribution in [3.05, 3.63) is 42.5 Å². The van der Waals surface area contributed by atoms with Crippen LogP contribution < -0.4 is 4.74 Å². The molecule has 0 amide bonds. The highest BCUT2D eigenvalue weighted by molar-refractivity contribution is 5.86. The molecule has 24 heavy (non-hydrogen) atoms. The van der Waals surface area contributed by atoms with Crippen LogP contribution in [0.25, 0.3) is 0 Å². The third-order valence-corrected chi connectivity index (χ3v) is 2.92. The highest BCUT2D eigenvalue weighted by atomic mass is 16.6. The van der Waals surface area contributed by atoms with Crippen LogP contribution in [0.5, 0.6) is 5.75 Å². The number of esters is 1. The highest BCUT2D eigenvalue weighted by Crippen LogP contribution is 2.09. The van der Waals surface area contributed by atoms with E-state index in [1.165, 1.54) is 0 Å². The van der Waals surface area contributed by atoms with Crippen molar-refractivity contribution in [3.8, 4) is 5.75 Å². The first-order chi connectivity index (χ1) is 11.5. The number of carbonyl (C=O) groups excluding carboxylic acids is 1. The molecule has 0 bridgehead atoms. The number of hydrogen-bond donors (Lipinski definition) is 1. The van der Waals surface area contributed by atoms with Gasteiger partial charge >= 0.3 is 5.97 Å². The Labute approximate surface area is 143 Å². The Kier molecular flexibility index (Phi) is 9.76. The molecule has 0 aliphatic carbocycles. The molecule has 0 aliphatic heterocycles. The summed E-state index contributed by atoms with van der Waals surface area (Å²) in [5, 5.41) is 9.61. The molecule has 134 valence electrons. The van der Waals surface area contributed by atoms with Gasteiger partial charge in [-0.05, 0) is 26.0 Å². The predicted molar refractivity (Wildman–Crippen MR) is 89.9 cm³/mol. The van der Waals surface area contributed by atoms with E-state index in [-0.39, 0.29) is 19.3 Å². The van der Waals surface area contributed by atoms with Crippen LogP contribution in [0.1, 0.15) is 13.8 Å². The van der Waals surface area contributed by atoms with Crippen molar-refractivity contribution in [1.82, 2.24) is 0 Å². The van der Waals surface area contributed by atoms with Crippen molar-refractivity contribution >= 4 is 5.97 Å². The first-order valence-corrected chi connectivity index (χ1v) is 7.87. The molecule has 0 radical (unpaired) electrons. The Morgan fingerprint density at radius 3 is 2.54 bits per heavy atom. The van der Waals surface area contributed by atoms with E-state index in [9.17, 15) is 9.90 Å². The summed E-state index contributed by atoms with van der Waals surface area (Å²) in [6.07, 6.45) is -0.942. The van der Waals surface area contributed by atoms with Gasteiger partial charge in [-0.25, -0.2) is 4.79 Å². The zero-order chi connectivity index (χ0) is 17.8. The molecule has 0 heterocycles. The number of aliphatic hydroxyl groups is 1. The van der Waals surface area contributed by atoms with Crippen molar-refractivity contribution in [2.75, 3.05) is 33.0 Å². The molecule has 6 nitrogen and oxygen atoms in total. The number of rotatable bonds is 12. The zero-order valence-electron chi connectivity index (χ0n) is 14.3. The second-order valence-electron chi connectivity index (χ2n) is 5.41. The van der Waals surface area contributed by atoms with Gasteiger partial charge in [0.1, 0.15) is 25.1 Å². The zero-order valence-corrected chi connectivity index (χ0v) is 14.3. The van der Waals surface area contributed by atoms with Gasteiger partial charge in [0.05, 0.1) is 25.9 Å². The van der Waals surface area contributed by atoms with Gasteiger partial charge in [-0.3, -0.25) is 0 Å². The van der Waals surface area contributed by atoms with E-state index < -0.39 is 12.1 Å². The average molecular weight is 338 g/mol. The largest absolute Gasteiger partial charge is 0.491 e. The standard InChI is InChI=1S/C18H26O6/c1-14(2)18(20)24-13-16(19)12-21-9-10-22-15(3)11-23-17-7-5-4-6-8-17/h4-8,15-16,19H,1,9-13H2,2-3H3. The van der Waals surface area contributed by atoms with E-state index in [1.54, 1.807) is 6.92 Å². The molecule has 0 saturated carbocycles. The minimum Gasteiger partial charge on any atom is -0.491 e. The molecule has 6 heteroatoms. The number of ether oxygens (including phenoxy) is 4. The number of hydrogen-bond acceptors (Lipinski definition) is 6. The lowest BCUT2D eigenvalue weighted by atomic mass is 10.3. The lowest BCUT2D eigenvalue weighted by Crippen LogP contribution is -2.25. The molecule has 0 fully saturated rings. The van der Waals surface area contributed by atoms with E-state index in [0.717, 1.165) is 5.75 Å². The van der Waals surface area contributed by atoms with Gasteiger partial charge in [-0.1, -0.05) is 24.8 Å². The minimum atomic E-state index is -0.868. The second kappa shape index (κ2) is 11.6. The SMILES string of the molecule is C=C(C)C(=O)OCC(O)COCCOC(C)COc1ccccc1. The van der Waals surface area contributed by atoms with E-state index in [4.69, 9.17) is 18.9 Å². The topological polar surface area (TPSA) is 74.2 Å². The van der Waals surface area contributed by atoms with Crippen LogP contribution in [0.3, 0.4) is 0 Å². The van der Waals surface area contributed by atoms with Gasteiger partial charge in [0.2, 0.25) is 0 Å².